The standard InChI is InChI=1S/C16H9F3N2O2/c17-8-4-5-9(12(19)6-8)13-7-14(21-20-13)15-10(16(22)23)2-1-3-11(15)18/h1-7H,(H,20,21)(H,22,23). The summed E-state index contributed by atoms with van der Waals surface area (Å²) in [5.41, 5.74) is -0.234. The van der Waals surface area contributed by atoms with E-state index in [0.717, 1.165) is 12.1 Å². The molecule has 0 saturated heterocycles. The second-order valence-electron chi connectivity index (χ2n) is 4.76. The molecule has 0 atom stereocenters. The predicted molar refractivity (Wildman–Crippen MR) is 76.3 cm³/mol. The monoisotopic (exact) mass is 318 g/mol. The number of carboxylic acids is 1. The second-order valence-corrected chi connectivity index (χ2v) is 4.76. The van der Waals surface area contributed by atoms with Gasteiger partial charge in [0.2, 0.25) is 0 Å². The number of rotatable bonds is 3. The van der Waals surface area contributed by atoms with Crippen LogP contribution in [-0.2, 0) is 0 Å². The summed E-state index contributed by atoms with van der Waals surface area (Å²) in [5.74, 6) is -3.61. The Balaban J connectivity index is 2.12. The van der Waals surface area contributed by atoms with Gasteiger partial charge in [-0.15, -0.1) is 0 Å². The van der Waals surface area contributed by atoms with Crippen LogP contribution in [0.4, 0.5) is 13.2 Å². The summed E-state index contributed by atoms with van der Waals surface area (Å²) in [6.45, 7) is 0. The average Bonchev–Trinajstić information content (AvgIpc) is 2.96. The summed E-state index contributed by atoms with van der Waals surface area (Å²) in [6.07, 6.45) is 0. The zero-order valence-corrected chi connectivity index (χ0v) is 11.5. The highest BCUT2D eigenvalue weighted by Gasteiger charge is 2.19. The maximum atomic E-state index is 14.0. The fourth-order valence-electron chi connectivity index (χ4n) is 2.26. The quantitative estimate of drug-likeness (QED) is 0.770. The second kappa shape index (κ2) is 5.60. The van der Waals surface area contributed by atoms with Crippen LogP contribution in [0.5, 0.6) is 0 Å². The Morgan fingerprint density at radius 2 is 1.83 bits per heavy atom. The van der Waals surface area contributed by atoms with Gasteiger partial charge in [-0.1, -0.05) is 6.07 Å². The third-order valence-corrected chi connectivity index (χ3v) is 3.30. The average molecular weight is 318 g/mol. The van der Waals surface area contributed by atoms with Crippen molar-refractivity contribution in [3.8, 4) is 22.5 Å². The number of benzene rings is 2. The van der Waals surface area contributed by atoms with Crippen LogP contribution in [0.15, 0.2) is 42.5 Å². The summed E-state index contributed by atoms with van der Waals surface area (Å²) < 4.78 is 40.7. The Morgan fingerprint density at radius 1 is 1.04 bits per heavy atom. The fraction of sp³-hybridized carbons (Fsp3) is 0. The molecule has 0 aliphatic heterocycles. The zero-order chi connectivity index (χ0) is 16.6. The molecule has 2 aromatic carbocycles. The van der Waals surface area contributed by atoms with Gasteiger partial charge in [-0.2, -0.15) is 5.10 Å². The van der Waals surface area contributed by atoms with E-state index in [1.54, 1.807) is 0 Å². The normalized spacial score (nSPS) is 10.7. The van der Waals surface area contributed by atoms with Gasteiger partial charge in [0.05, 0.1) is 22.5 Å². The largest absolute Gasteiger partial charge is 0.478 e. The molecule has 0 fully saturated rings. The van der Waals surface area contributed by atoms with E-state index >= 15 is 0 Å². The van der Waals surface area contributed by atoms with Crippen LogP contribution in [0.3, 0.4) is 0 Å². The predicted octanol–water partition coefficient (Wildman–Crippen LogP) is 3.86. The van der Waals surface area contributed by atoms with Gasteiger partial charge in [-0.25, -0.2) is 18.0 Å². The van der Waals surface area contributed by atoms with Crippen LogP contribution in [0.2, 0.25) is 0 Å². The Bertz CT molecular complexity index is 906. The number of aromatic nitrogens is 2. The minimum atomic E-state index is -1.31. The van der Waals surface area contributed by atoms with E-state index in [1.807, 2.05) is 0 Å². The summed E-state index contributed by atoms with van der Waals surface area (Å²) in [6, 6.07) is 7.92. The van der Waals surface area contributed by atoms with Gasteiger partial charge in [0.1, 0.15) is 17.5 Å². The number of aromatic amines is 1. The van der Waals surface area contributed by atoms with Crippen molar-refractivity contribution in [1.29, 1.82) is 0 Å². The first kappa shape index (κ1) is 14.8. The van der Waals surface area contributed by atoms with E-state index in [2.05, 4.69) is 10.2 Å². The molecule has 0 radical (unpaired) electrons. The van der Waals surface area contributed by atoms with E-state index in [4.69, 9.17) is 5.11 Å². The Morgan fingerprint density at radius 3 is 2.52 bits per heavy atom. The summed E-state index contributed by atoms with van der Waals surface area (Å²) in [4.78, 5) is 11.2. The fourth-order valence-corrected chi connectivity index (χ4v) is 2.26. The SMILES string of the molecule is O=C(O)c1cccc(F)c1-c1cc(-c2ccc(F)cc2F)[nH]n1. The molecule has 0 aliphatic rings. The highest BCUT2D eigenvalue weighted by molar-refractivity contribution is 5.95. The molecule has 0 saturated carbocycles. The van der Waals surface area contributed by atoms with Crippen molar-refractivity contribution in [3.05, 3.63) is 65.5 Å². The molecule has 1 aromatic heterocycles. The molecule has 3 rings (SSSR count). The maximum absolute atomic E-state index is 14.0. The Labute approximate surface area is 128 Å². The molecule has 0 bridgehead atoms. The Hall–Kier alpha value is -3.09. The van der Waals surface area contributed by atoms with Crippen molar-refractivity contribution in [1.82, 2.24) is 10.2 Å². The van der Waals surface area contributed by atoms with Gasteiger partial charge in [0.25, 0.3) is 0 Å². The zero-order valence-electron chi connectivity index (χ0n) is 11.5. The summed E-state index contributed by atoms with van der Waals surface area (Å²) in [7, 11) is 0. The van der Waals surface area contributed by atoms with E-state index < -0.39 is 23.4 Å². The topological polar surface area (TPSA) is 66.0 Å². The third kappa shape index (κ3) is 2.68. The lowest BCUT2D eigenvalue weighted by molar-refractivity contribution is 0.0697. The van der Waals surface area contributed by atoms with Crippen molar-refractivity contribution in [2.45, 2.75) is 0 Å². The smallest absolute Gasteiger partial charge is 0.336 e. The van der Waals surface area contributed by atoms with Crippen LogP contribution in [0, 0.1) is 17.5 Å². The first-order valence-electron chi connectivity index (χ1n) is 6.50. The van der Waals surface area contributed by atoms with Crippen LogP contribution >= 0.6 is 0 Å². The van der Waals surface area contributed by atoms with Crippen molar-refractivity contribution in [2.24, 2.45) is 0 Å². The molecule has 2 N–H and O–H groups in total. The number of hydrogen-bond acceptors (Lipinski definition) is 2. The van der Waals surface area contributed by atoms with E-state index in [0.29, 0.717) is 6.07 Å². The molecule has 3 aromatic rings. The molecular weight excluding hydrogens is 309 g/mol. The van der Waals surface area contributed by atoms with Gasteiger partial charge >= 0.3 is 5.97 Å². The lowest BCUT2D eigenvalue weighted by atomic mass is 10.0. The van der Waals surface area contributed by atoms with Gasteiger partial charge in [0, 0.05) is 11.6 Å². The van der Waals surface area contributed by atoms with Crippen LogP contribution in [0.1, 0.15) is 10.4 Å². The minimum absolute atomic E-state index is 0.0132. The summed E-state index contributed by atoms with van der Waals surface area (Å²) >= 11 is 0. The first-order valence-corrected chi connectivity index (χ1v) is 6.50. The number of carboxylic acid groups (broad SMARTS) is 1. The number of carbonyl (C=O) groups is 1. The van der Waals surface area contributed by atoms with Gasteiger partial charge < -0.3 is 5.11 Å². The molecular formula is C16H9F3N2O2. The van der Waals surface area contributed by atoms with E-state index in [9.17, 15) is 18.0 Å². The summed E-state index contributed by atoms with van der Waals surface area (Å²) in [5, 5.41) is 15.5. The van der Waals surface area contributed by atoms with Crippen LogP contribution in [-0.4, -0.2) is 21.3 Å². The lowest BCUT2D eigenvalue weighted by Gasteiger charge is -2.03. The van der Waals surface area contributed by atoms with Crippen molar-refractivity contribution in [3.63, 3.8) is 0 Å². The molecule has 0 spiro atoms. The molecule has 7 heteroatoms. The molecule has 0 aliphatic carbocycles. The molecule has 23 heavy (non-hydrogen) atoms. The van der Waals surface area contributed by atoms with Crippen molar-refractivity contribution < 1.29 is 23.1 Å². The Kier molecular flexibility index (Phi) is 3.61. The number of hydrogen-bond donors (Lipinski definition) is 2. The van der Waals surface area contributed by atoms with Crippen molar-refractivity contribution >= 4 is 5.97 Å². The first-order chi connectivity index (χ1) is 11.0. The van der Waals surface area contributed by atoms with Gasteiger partial charge in [0.15, 0.2) is 0 Å². The lowest BCUT2D eigenvalue weighted by Crippen LogP contribution is -2.01. The minimum Gasteiger partial charge on any atom is -0.478 e. The maximum Gasteiger partial charge on any atom is 0.336 e. The third-order valence-electron chi connectivity index (χ3n) is 3.30. The van der Waals surface area contributed by atoms with Crippen molar-refractivity contribution in [2.75, 3.05) is 0 Å². The number of nitrogens with zero attached hydrogens (tertiary/aromatic N) is 1. The van der Waals surface area contributed by atoms with Crippen LogP contribution in [0.25, 0.3) is 22.5 Å². The van der Waals surface area contributed by atoms with E-state index in [1.165, 1.54) is 24.3 Å². The highest BCUT2D eigenvalue weighted by atomic mass is 19.1. The molecule has 0 amide bonds. The molecule has 1 heterocycles. The number of H-pyrrole nitrogens is 1. The number of aromatic carboxylic acids is 1. The van der Waals surface area contributed by atoms with Crippen LogP contribution < -0.4 is 0 Å². The number of halogens is 3. The molecule has 4 nitrogen and oxygen atoms in total. The number of nitrogens with one attached hydrogen (secondary N) is 1. The highest BCUT2D eigenvalue weighted by Crippen LogP contribution is 2.30. The van der Waals surface area contributed by atoms with Gasteiger partial charge in [-0.05, 0) is 30.3 Å². The van der Waals surface area contributed by atoms with Gasteiger partial charge in [-0.3, -0.25) is 5.10 Å². The molecule has 0 unspecified atom stereocenters. The molecule has 116 valence electrons. The van der Waals surface area contributed by atoms with E-state index in [-0.39, 0.29) is 28.1 Å².